The standard InChI is InChI=1S/C17H23N3O5/c1-2-24-16(22)14-12(10-20-7-5-11(21)6-8-20)18-17(23)19-15(14)13-4-3-9-25-13/h3-4,9,11,15,21H,2,5-8,10H2,1H3,(H2,18,19,23). The van der Waals surface area contributed by atoms with Gasteiger partial charge >= 0.3 is 12.0 Å². The van der Waals surface area contributed by atoms with Crippen molar-refractivity contribution in [1.82, 2.24) is 15.5 Å². The van der Waals surface area contributed by atoms with Crippen LogP contribution in [-0.4, -0.2) is 54.4 Å². The van der Waals surface area contributed by atoms with Crippen LogP contribution < -0.4 is 10.6 Å². The molecule has 2 amide bonds. The molecule has 0 aliphatic carbocycles. The molecule has 0 aromatic carbocycles. The quantitative estimate of drug-likeness (QED) is 0.683. The zero-order valence-corrected chi connectivity index (χ0v) is 14.2. The first-order valence-electron chi connectivity index (χ1n) is 8.50. The van der Waals surface area contributed by atoms with Crippen LogP contribution in [0, 0.1) is 0 Å². The van der Waals surface area contributed by atoms with E-state index >= 15 is 0 Å². The lowest BCUT2D eigenvalue weighted by Crippen LogP contribution is -2.49. The van der Waals surface area contributed by atoms with Gasteiger partial charge in [0, 0.05) is 25.3 Å². The molecule has 0 radical (unpaired) electrons. The first kappa shape index (κ1) is 17.5. The molecule has 0 saturated carbocycles. The van der Waals surface area contributed by atoms with Gasteiger partial charge in [0.2, 0.25) is 0 Å². The fourth-order valence-corrected chi connectivity index (χ4v) is 3.16. The summed E-state index contributed by atoms with van der Waals surface area (Å²) >= 11 is 0. The smallest absolute Gasteiger partial charge is 0.338 e. The SMILES string of the molecule is CCOC(=O)C1=C(CN2CCC(O)CC2)NC(=O)NC1c1ccco1. The lowest BCUT2D eigenvalue weighted by molar-refractivity contribution is -0.139. The Morgan fingerprint density at radius 2 is 2.20 bits per heavy atom. The molecule has 3 rings (SSSR count). The highest BCUT2D eigenvalue weighted by atomic mass is 16.5. The van der Waals surface area contributed by atoms with Gasteiger partial charge in [-0.05, 0) is 31.9 Å². The molecular weight excluding hydrogens is 326 g/mol. The van der Waals surface area contributed by atoms with E-state index in [-0.39, 0.29) is 18.7 Å². The lowest BCUT2D eigenvalue weighted by atomic mass is 9.99. The number of nitrogens with zero attached hydrogens (tertiary/aromatic N) is 1. The average molecular weight is 349 g/mol. The molecule has 1 fully saturated rings. The number of amides is 2. The molecule has 1 aromatic rings. The number of urea groups is 1. The highest BCUT2D eigenvalue weighted by Gasteiger charge is 2.36. The highest BCUT2D eigenvalue weighted by molar-refractivity contribution is 5.95. The number of piperidine rings is 1. The van der Waals surface area contributed by atoms with Gasteiger partial charge in [-0.2, -0.15) is 0 Å². The molecule has 1 aromatic heterocycles. The number of hydrogen-bond donors (Lipinski definition) is 3. The molecule has 1 saturated heterocycles. The molecule has 0 spiro atoms. The molecule has 136 valence electrons. The normalized spacial score (nSPS) is 22.5. The second-order valence-corrected chi connectivity index (χ2v) is 6.17. The Bertz CT molecular complexity index is 647. The number of rotatable bonds is 5. The Morgan fingerprint density at radius 3 is 2.84 bits per heavy atom. The first-order valence-corrected chi connectivity index (χ1v) is 8.50. The number of carbonyl (C=O) groups excluding carboxylic acids is 2. The third kappa shape index (κ3) is 4.02. The minimum Gasteiger partial charge on any atom is -0.467 e. The van der Waals surface area contributed by atoms with E-state index in [1.807, 2.05) is 0 Å². The monoisotopic (exact) mass is 349 g/mol. The van der Waals surface area contributed by atoms with Crippen LogP contribution >= 0.6 is 0 Å². The number of furan rings is 1. The van der Waals surface area contributed by atoms with Gasteiger partial charge in [0.15, 0.2) is 0 Å². The van der Waals surface area contributed by atoms with Gasteiger partial charge in [0.25, 0.3) is 0 Å². The van der Waals surface area contributed by atoms with E-state index in [0.29, 0.717) is 49.5 Å². The van der Waals surface area contributed by atoms with E-state index < -0.39 is 12.0 Å². The Balaban J connectivity index is 1.90. The van der Waals surface area contributed by atoms with Crippen LogP contribution in [0.15, 0.2) is 34.1 Å². The number of likely N-dealkylation sites (tertiary alicyclic amines) is 1. The van der Waals surface area contributed by atoms with E-state index in [1.165, 1.54) is 6.26 Å². The molecular formula is C17H23N3O5. The van der Waals surface area contributed by atoms with Crippen molar-refractivity contribution >= 4 is 12.0 Å². The zero-order chi connectivity index (χ0) is 17.8. The molecule has 1 unspecified atom stereocenters. The Morgan fingerprint density at radius 1 is 1.44 bits per heavy atom. The van der Waals surface area contributed by atoms with Crippen molar-refractivity contribution < 1.29 is 23.8 Å². The molecule has 25 heavy (non-hydrogen) atoms. The van der Waals surface area contributed by atoms with Crippen LogP contribution in [0.25, 0.3) is 0 Å². The van der Waals surface area contributed by atoms with E-state index in [1.54, 1.807) is 19.1 Å². The molecule has 8 heteroatoms. The van der Waals surface area contributed by atoms with Gasteiger partial charge in [-0.25, -0.2) is 9.59 Å². The maximum Gasteiger partial charge on any atom is 0.338 e. The van der Waals surface area contributed by atoms with Crippen LogP contribution in [0.1, 0.15) is 31.6 Å². The second kappa shape index (κ2) is 7.71. The summed E-state index contributed by atoms with van der Waals surface area (Å²) in [6, 6.07) is 2.34. The average Bonchev–Trinajstić information content (AvgIpc) is 3.11. The van der Waals surface area contributed by atoms with E-state index in [4.69, 9.17) is 9.15 Å². The van der Waals surface area contributed by atoms with Crippen molar-refractivity contribution in [1.29, 1.82) is 0 Å². The highest BCUT2D eigenvalue weighted by Crippen LogP contribution is 2.28. The van der Waals surface area contributed by atoms with Gasteiger partial charge in [0.05, 0.1) is 24.5 Å². The lowest BCUT2D eigenvalue weighted by Gasteiger charge is -2.33. The summed E-state index contributed by atoms with van der Waals surface area (Å²) in [5.74, 6) is -0.00656. The fraction of sp³-hybridized carbons (Fsp3) is 0.529. The number of hydrogen-bond acceptors (Lipinski definition) is 6. The molecule has 3 heterocycles. The van der Waals surface area contributed by atoms with Crippen molar-refractivity contribution in [2.75, 3.05) is 26.2 Å². The van der Waals surface area contributed by atoms with E-state index in [9.17, 15) is 14.7 Å². The summed E-state index contributed by atoms with van der Waals surface area (Å²) in [7, 11) is 0. The Hall–Kier alpha value is -2.32. The van der Waals surface area contributed by atoms with Gasteiger partial charge in [0.1, 0.15) is 11.8 Å². The van der Waals surface area contributed by atoms with Crippen molar-refractivity contribution in [2.45, 2.75) is 31.9 Å². The van der Waals surface area contributed by atoms with Crippen LogP contribution in [0.5, 0.6) is 0 Å². The van der Waals surface area contributed by atoms with E-state index in [2.05, 4.69) is 15.5 Å². The van der Waals surface area contributed by atoms with E-state index in [0.717, 1.165) is 0 Å². The summed E-state index contributed by atoms with van der Waals surface area (Å²) in [6.07, 6.45) is 2.57. The maximum atomic E-state index is 12.5. The largest absolute Gasteiger partial charge is 0.467 e. The topological polar surface area (TPSA) is 104 Å². The number of esters is 1. The van der Waals surface area contributed by atoms with Crippen LogP contribution in [0.3, 0.4) is 0 Å². The molecule has 2 aliphatic heterocycles. The number of carbonyl (C=O) groups is 2. The number of aliphatic hydroxyl groups excluding tert-OH is 1. The second-order valence-electron chi connectivity index (χ2n) is 6.17. The summed E-state index contributed by atoms with van der Waals surface area (Å²) in [5, 5.41) is 15.1. The van der Waals surface area contributed by atoms with Gasteiger partial charge in [-0.3, -0.25) is 4.90 Å². The third-order valence-corrected chi connectivity index (χ3v) is 4.42. The Kier molecular flexibility index (Phi) is 5.40. The van der Waals surface area contributed by atoms with Crippen LogP contribution in [0.4, 0.5) is 4.79 Å². The number of ether oxygens (including phenoxy) is 1. The molecule has 8 nitrogen and oxygen atoms in total. The van der Waals surface area contributed by atoms with Crippen molar-refractivity contribution in [2.24, 2.45) is 0 Å². The van der Waals surface area contributed by atoms with Crippen molar-refractivity contribution in [3.05, 3.63) is 35.4 Å². The molecule has 2 aliphatic rings. The predicted octanol–water partition coefficient (Wildman–Crippen LogP) is 0.907. The van der Waals surface area contributed by atoms with Crippen molar-refractivity contribution in [3.8, 4) is 0 Å². The molecule has 3 N–H and O–H groups in total. The minimum absolute atomic E-state index is 0.240. The number of aliphatic hydroxyl groups is 1. The third-order valence-electron chi connectivity index (χ3n) is 4.42. The predicted molar refractivity (Wildman–Crippen MR) is 88.5 cm³/mol. The Labute approximate surface area is 145 Å². The first-order chi connectivity index (χ1) is 12.1. The fourth-order valence-electron chi connectivity index (χ4n) is 3.16. The summed E-state index contributed by atoms with van der Waals surface area (Å²) in [4.78, 5) is 26.7. The number of nitrogens with one attached hydrogen (secondary N) is 2. The molecule has 1 atom stereocenters. The minimum atomic E-state index is -0.687. The van der Waals surface area contributed by atoms with Crippen LogP contribution in [0.2, 0.25) is 0 Å². The van der Waals surface area contributed by atoms with Gasteiger partial charge < -0.3 is 24.9 Å². The summed E-state index contributed by atoms with van der Waals surface area (Å²) in [6.45, 7) is 3.79. The van der Waals surface area contributed by atoms with Gasteiger partial charge in [-0.15, -0.1) is 0 Å². The van der Waals surface area contributed by atoms with Crippen LogP contribution in [-0.2, 0) is 9.53 Å². The summed E-state index contributed by atoms with van der Waals surface area (Å²) < 4.78 is 10.6. The summed E-state index contributed by atoms with van der Waals surface area (Å²) in [5.41, 5.74) is 0.863. The molecule has 0 bridgehead atoms. The van der Waals surface area contributed by atoms with Crippen molar-refractivity contribution in [3.63, 3.8) is 0 Å². The zero-order valence-electron chi connectivity index (χ0n) is 14.2. The maximum absolute atomic E-state index is 12.5. The van der Waals surface area contributed by atoms with Gasteiger partial charge in [-0.1, -0.05) is 0 Å².